The SMILES string of the molecule is CCCc1cc(Cl)ccc1[C@@H]1COc2ccc3cc2N(CC2CCC2C(OC)/C=C/CC(C)CS(=O)(=O)NC3=O)C1. The van der Waals surface area contributed by atoms with Crippen molar-refractivity contribution in [3.05, 3.63) is 70.3 Å². The van der Waals surface area contributed by atoms with Crippen LogP contribution in [0.2, 0.25) is 5.02 Å². The smallest absolute Gasteiger partial charge is 0.264 e. The topological polar surface area (TPSA) is 84.9 Å². The molecule has 0 saturated heterocycles. The first-order valence-corrected chi connectivity index (χ1v) is 16.7. The molecule has 0 radical (unpaired) electrons. The van der Waals surface area contributed by atoms with Crippen LogP contribution in [0.3, 0.4) is 0 Å². The van der Waals surface area contributed by atoms with Crippen molar-refractivity contribution in [3.63, 3.8) is 0 Å². The van der Waals surface area contributed by atoms with Crippen LogP contribution in [0.15, 0.2) is 48.6 Å². The summed E-state index contributed by atoms with van der Waals surface area (Å²) >= 11 is 6.38. The number of hydrogen-bond donors (Lipinski definition) is 1. The van der Waals surface area contributed by atoms with Crippen molar-refractivity contribution in [1.29, 1.82) is 0 Å². The van der Waals surface area contributed by atoms with E-state index in [1.54, 1.807) is 25.3 Å². The van der Waals surface area contributed by atoms with Gasteiger partial charge in [-0.05, 0) is 84.9 Å². The summed E-state index contributed by atoms with van der Waals surface area (Å²) in [5.41, 5.74) is 3.59. The predicted molar refractivity (Wildman–Crippen MR) is 164 cm³/mol. The standard InChI is InChI=1S/C32H41ClN2O5S/c1-4-6-22-15-26(33)11-13-27(22)25-18-35-17-24-9-12-28(24)30(39-3)8-5-7-21(2)20-41(37,38)34-32(36)23-10-14-31(40-19-25)29(35)16-23/h5,8,10-11,13-16,21,24-25,28,30H,4,6-7,9,12,17-20H2,1-3H3,(H,34,36)/b8-5+/t21?,24?,25-,28?,30?/m0/s1. The second-order valence-corrected chi connectivity index (χ2v) is 14.1. The molecule has 2 aromatic carbocycles. The van der Waals surface area contributed by atoms with Gasteiger partial charge in [0.25, 0.3) is 5.91 Å². The van der Waals surface area contributed by atoms with Crippen LogP contribution < -0.4 is 14.4 Å². The first-order valence-electron chi connectivity index (χ1n) is 14.7. The van der Waals surface area contributed by atoms with Crippen LogP contribution in [0, 0.1) is 17.8 Å². The zero-order chi connectivity index (χ0) is 29.1. The molecule has 1 N–H and O–H groups in total. The summed E-state index contributed by atoms with van der Waals surface area (Å²) in [5, 5.41) is 0.732. The molecule has 0 spiro atoms. The van der Waals surface area contributed by atoms with E-state index in [1.807, 2.05) is 19.1 Å². The minimum atomic E-state index is -3.81. The quantitative estimate of drug-likeness (QED) is 0.435. The Morgan fingerprint density at radius 3 is 2.71 bits per heavy atom. The lowest BCUT2D eigenvalue weighted by atomic mass is 9.70. The molecule has 4 unspecified atom stereocenters. The van der Waals surface area contributed by atoms with Gasteiger partial charge in [0.05, 0.1) is 24.2 Å². The molecule has 3 aliphatic rings. The zero-order valence-electron chi connectivity index (χ0n) is 24.1. The van der Waals surface area contributed by atoms with Gasteiger partial charge in [-0.3, -0.25) is 4.79 Å². The molecule has 41 heavy (non-hydrogen) atoms. The Bertz CT molecular complexity index is 1390. The molecule has 5 atom stereocenters. The molecule has 2 aliphatic heterocycles. The lowest BCUT2D eigenvalue weighted by Gasteiger charge is -2.43. The van der Waals surface area contributed by atoms with E-state index in [2.05, 4.69) is 34.8 Å². The number of amides is 1. The van der Waals surface area contributed by atoms with Crippen molar-refractivity contribution in [2.45, 2.75) is 58.0 Å². The number of carbonyl (C=O) groups is 1. The fraction of sp³-hybridized carbons (Fsp3) is 0.531. The number of nitrogens with zero attached hydrogens (tertiary/aromatic N) is 1. The Hall–Kier alpha value is -2.55. The number of carbonyl (C=O) groups excluding carboxylic acids is 1. The van der Waals surface area contributed by atoms with Crippen molar-refractivity contribution >= 4 is 33.2 Å². The number of nitrogens with one attached hydrogen (secondary N) is 1. The van der Waals surface area contributed by atoms with Gasteiger partial charge in [-0.25, -0.2) is 13.1 Å². The number of ether oxygens (including phenoxy) is 2. The molecule has 1 fully saturated rings. The predicted octanol–water partition coefficient (Wildman–Crippen LogP) is 5.97. The summed E-state index contributed by atoms with van der Waals surface area (Å²) in [6, 6.07) is 11.4. The number of hydrogen-bond acceptors (Lipinski definition) is 6. The molecule has 222 valence electrons. The largest absolute Gasteiger partial charge is 0.491 e. The van der Waals surface area contributed by atoms with Gasteiger partial charge in [-0.15, -0.1) is 0 Å². The normalized spacial score (nSPS) is 28.8. The first-order chi connectivity index (χ1) is 19.7. The summed E-state index contributed by atoms with van der Waals surface area (Å²) in [6.45, 7) is 6.05. The molecule has 5 rings (SSSR count). The Kier molecular flexibility index (Phi) is 9.31. The van der Waals surface area contributed by atoms with Gasteiger partial charge in [0.1, 0.15) is 5.75 Å². The highest BCUT2D eigenvalue weighted by Gasteiger charge is 2.39. The summed E-state index contributed by atoms with van der Waals surface area (Å²) in [5.74, 6) is 0.696. The number of benzene rings is 2. The maximum Gasteiger partial charge on any atom is 0.264 e. The molecule has 7 nitrogen and oxygen atoms in total. The third kappa shape index (κ3) is 6.92. The minimum absolute atomic E-state index is 0.0255. The van der Waals surface area contributed by atoms with Gasteiger partial charge in [-0.2, -0.15) is 0 Å². The van der Waals surface area contributed by atoms with E-state index >= 15 is 0 Å². The second kappa shape index (κ2) is 12.8. The highest BCUT2D eigenvalue weighted by atomic mass is 35.5. The number of allylic oxidation sites excluding steroid dienone is 1. The molecule has 2 bridgehead atoms. The Morgan fingerprint density at radius 1 is 1.15 bits per heavy atom. The number of anilines is 1. The molecule has 0 aromatic heterocycles. The number of rotatable bonds is 4. The highest BCUT2D eigenvalue weighted by Crippen LogP contribution is 2.43. The van der Waals surface area contributed by atoms with E-state index in [1.165, 1.54) is 11.1 Å². The average Bonchev–Trinajstić information content (AvgIpc) is 3.08. The molecule has 2 heterocycles. The van der Waals surface area contributed by atoms with Crippen LogP contribution in [0.5, 0.6) is 5.75 Å². The minimum Gasteiger partial charge on any atom is -0.491 e. The van der Waals surface area contributed by atoms with Gasteiger partial charge >= 0.3 is 0 Å². The molecular formula is C32H41ClN2O5S. The lowest BCUT2D eigenvalue weighted by molar-refractivity contribution is 0.0134. The van der Waals surface area contributed by atoms with Crippen LogP contribution in [-0.4, -0.2) is 53.0 Å². The van der Waals surface area contributed by atoms with Crippen LogP contribution in [0.1, 0.15) is 66.9 Å². The molecule has 1 amide bonds. The zero-order valence-corrected chi connectivity index (χ0v) is 25.7. The van der Waals surface area contributed by atoms with Crippen molar-refractivity contribution in [3.8, 4) is 5.75 Å². The maximum absolute atomic E-state index is 13.2. The lowest BCUT2D eigenvalue weighted by Crippen LogP contribution is -2.44. The van der Waals surface area contributed by atoms with E-state index in [4.69, 9.17) is 21.1 Å². The summed E-state index contributed by atoms with van der Waals surface area (Å²) < 4.78 is 40.3. The molecule has 1 saturated carbocycles. The number of sulfonamides is 1. The van der Waals surface area contributed by atoms with E-state index in [0.717, 1.165) is 42.9 Å². The van der Waals surface area contributed by atoms with E-state index in [0.29, 0.717) is 42.7 Å². The van der Waals surface area contributed by atoms with Crippen LogP contribution in [0.25, 0.3) is 0 Å². The Balaban J connectivity index is 1.54. The number of methoxy groups -OCH3 is 1. The maximum atomic E-state index is 13.2. The van der Waals surface area contributed by atoms with Gasteiger partial charge in [0, 0.05) is 36.7 Å². The third-order valence-electron chi connectivity index (χ3n) is 8.75. The van der Waals surface area contributed by atoms with Gasteiger partial charge < -0.3 is 14.4 Å². The Labute approximate surface area is 249 Å². The van der Waals surface area contributed by atoms with Gasteiger partial charge in [0.2, 0.25) is 10.0 Å². The van der Waals surface area contributed by atoms with Gasteiger partial charge in [-0.1, -0.05) is 50.1 Å². The Morgan fingerprint density at radius 2 is 1.98 bits per heavy atom. The average molecular weight is 601 g/mol. The van der Waals surface area contributed by atoms with E-state index in [9.17, 15) is 13.2 Å². The molecule has 2 aromatic rings. The van der Waals surface area contributed by atoms with Gasteiger partial charge in [0.15, 0.2) is 0 Å². The molecule has 9 heteroatoms. The van der Waals surface area contributed by atoms with Crippen molar-refractivity contribution in [2.24, 2.45) is 17.8 Å². The first kappa shape index (κ1) is 29.9. The molecular weight excluding hydrogens is 560 g/mol. The fourth-order valence-electron chi connectivity index (χ4n) is 6.52. The van der Waals surface area contributed by atoms with Crippen LogP contribution >= 0.6 is 11.6 Å². The second-order valence-electron chi connectivity index (χ2n) is 11.9. The van der Waals surface area contributed by atoms with E-state index < -0.39 is 15.9 Å². The number of halogens is 1. The molecule has 1 aliphatic carbocycles. The third-order valence-corrected chi connectivity index (χ3v) is 10.5. The van der Waals surface area contributed by atoms with E-state index in [-0.39, 0.29) is 23.7 Å². The summed E-state index contributed by atoms with van der Waals surface area (Å²) in [4.78, 5) is 15.5. The highest BCUT2D eigenvalue weighted by molar-refractivity contribution is 7.90. The number of aryl methyl sites for hydroxylation is 1. The monoisotopic (exact) mass is 600 g/mol. The fourth-order valence-corrected chi connectivity index (χ4v) is 8.08. The van der Waals surface area contributed by atoms with Crippen LogP contribution in [-0.2, 0) is 21.2 Å². The van der Waals surface area contributed by atoms with Crippen LogP contribution in [0.4, 0.5) is 5.69 Å². The summed E-state index contributed by atoms with van der Waals surface area (Å²) in [7, 11) is -2.06. The van der Waals surface area contributed by atoms with Crippen molar-refractivity contribution in [2.75, 3.05) is 37.5 Å². The summed E-state index contributed by atoms with van der Waals surface area (Å²) in [6.07, 6.45) is 8.83. The van der Waals surface area contributed by atoms with Crippen molar-refractivity contribution in [1.82, 2.24) is 4.72 Å². The van der Waals surface area contributed by atoms with Crippen molar-refractivity contribution < 1.29 is 22.7 Å². The number of fused-ring (bicyclic) bond motifs is 2.